The molecule has 1 saturated carbocycles. The highest BCUT2D eigenvalue weighted by Gasteiger charge is 2.54. The van der Waals surface area contributed by atoms with Gasteiger partial charge in [-0.15, -0.1) is 6.42 Å². The predicted octanol–water partition coefficient (Wildman–Crippen LogP) is 6.07. The molecule has 5 aliphatic rings. The number of aromatic nitrogens is 3. The first-order chi connectivity index (χ1) is 27.4. The van der Waals surface area contributed by atoms with Crippen LogP contribution >= 0.6 is 0 Å². The minimum absolute atomic E-state index is 0.0376. The average molecular weight is 778 g/mol. The highest BCUT2D eigenvalue weighted by Crippen LogP contribution is 2.53. The number of ether oxygens (including phenoxy) is 2. The topological polar surface area (TPSA) is 128 Å². The van der Waals surface area contributed by atoms with Crippen LogP contribution in [-0.2, 0) is 9.53 Å². The lowest BCUT2D eigenvalue weighted by Gasteiger charge is -2.55. The Morgan fingerprint density at radius 3 is 2.68 bits per heavy atom. The van der Waals surface area contributed by atoms with E-state index in [-0.39, 0.29) is 94.4 Å². The van der Waals surface area contributed by atoms with Crippen LogP contribution in [0.5, 0.6) is 11.8 Å². The van der Waals surface area contributed by atoms with Crippen LogP contribution in [0.1, 0.15) is 51.0 Å². The number of benzene rings is 2. The van der Waals surface area contributed by atoms with Crippen molar-refractivity contribution in [2.45, 2.75) is 75.3 Å². The third-order valence-electron chi connectivity index (χ3n) is 13.2. The van der Waals surface area contributed by atoms with E-state index in [1.54, 1.807) is 4.90 Å². The van der Waals surface area contributed by atoms with Crippen molar-refractivity contribution in [1.82, 2.24) is 24.8 Å². The lowest BCUT2D eigenvalue weighted by atomic mass is 9.60. The van der Waals surface area contributed by atoms with Gasteiger partial charge in [-0.05, 0) is 74.1 Å². The molecule has 4 saturated heterocycles. The van der Waals surface area contributed by atoms with Gasteiger partial charge < -0.3 is 24.4 Å². The van der Waals surface area contributed by atoms with E-state index in [1.165, 1.54) is 36.5 Å². The summed E-state index contributed by atoms with van der Waals surface area (Å²) in [5.74, 6) is 0.169. The Balaban J connectivity index is 1.12. The fourth-order valence-corrected chi connectivity index (χ4v) is 10.4. The molecule has 14 heteroatoms. The first-order valence-corrected chi connectivity index (χ1v) is 19.4. The number of halogens is 3. The number of phenols is 1. The molecular weight excluding hydrogens is 736 g/mol. The number of amides is 1. The third-order valence-corrected chi connectivity index (χ3v) is 13.2. The number of alkyl halides is 1. The molecule has 1 amide bonds. The molecule has 4 aliphatic heterocycles. The summed E-state index contributed by atoms with van der Waals surface area (Å²) in [5.41, 5.74) is -0.883. The number of hydrogen-bond acceptors (Lipinski definition) is 10. The molecule has 9 rings (SSSR count). The van der Waals surface area contributed by atoms with Crippen molar-refractivity contribution in [2.75, 3.05) is 44.4 Å². The number of anilines is 1. The lowest BCUT2D eigenvalue weighted by Crippen LogP contribution is -2.59. The summed E-state index contributed by atoms with van der Waals surface area (Å²) in [6, 6.07) is 6.91. The summed E-state index contributed by atoms with van der Waals surface area (Å²) in [6.07, 6.45) is 12.0. The highest BCUT2D eigenvalue weighted by atomic mass is 19.1. The van der Waals surface area contributed by atoms with Gasteiger partial charge in [0.15, 0.2) is 5.82 Å². The fourth-order valence-electron chi connectivity index (χ4n) is 10.4. The van der Waals surface area contributed by atoms with Gasteiger partial charge >= 0.3 is 6.01 Å². The minimum Gasteiger partial charge on any atom is -0.508 e. The average Bonchev–Trinajstić information content (AvgIpc) is 3.62. The summed E-state index contributed by atoms with van der Waals surface area (Å²) in [6.45, 7) is 7.96. The van der Waals surface area contributed by atoms with Gasteiger partial charge in [0.05, 0.1) is 40.6 Å². The number of fused-ring (bicyclic) bond motifs is 4. The van der Waals surface area contributed by atoms with Crippen molar-refractivity contribution in [1.29, 1.82) is 5.26 Å². The quantitative estimate of drug-likeness (QED) is 0.175. The van der Waals surface area contributed by atoms with Gasteiger partial charge in [0.1, 0.15) is 41.4 Å². The van der Waals surface area contributed by atoms with Gasteiger partial charge in [-0.3, -0.25) is 14.7 Å². The number of terminal acetylenes is 1. The Kier molecular flexibility index (Phi) is 9.05. The molecule has 2 aromatic heterocycles. The van der Waals surface area contributed by atoms with Gasteiger partial charge in [0.2, 0.25) is 5.91 Å². The fraction of sp³-hybridized carbons (Fsp3) is 0.465. The van der Waals surface area contributed by atoms with E-state index in [9.17, 15) is 15.2 Å². The maximum Gasteiger partial charge on any atom is 0.319 e. The molecule has 1 spiro atoms. The molecule has 0 radical (unpaired) electrons. The molecule has 57 heavy (non-hydrogen) atoms. The Hall–Kier alpha value is -5.44. The van der Waals surface area contributed by atoms with Gasteiger partial charge in [-0.25, -0.2) is 13.2 Å². The van der Waals surface area contributed by atoms with E-state index in [2.05, 4.69) is 33.4 Å². The number of nitriles is 1. The van der Waals surface area contributed by atoms with Crippen LogP contribution in [0.2, 0.25) is 0 Å². The first kappa shape index (κ1) is 37.2. The minimum atomic E-state index is -1.04. The number of carbonyl (C=O) groups is 1. The number of phenolic OH excluding ortho intramolecular Hbond substituents is 1. The molecule has 6 heterocycles. The first-order valence-electron chi connectivity index (χ1n) is 19.4. The number of carbonyl (C=O) groups excluding carboxylic acids is 1. The van der Waals surface area contributed by atoms with E-state index in [0.717, 1.165) is 38.9 Å². The summed E-state index contributed by atoms with van der Waals surface area (Å²) >= 11 is 0. The van der Waals surface area contributed by atoms with Gasteiger partial charge in [0, 0.05) is 62.5 Å². The summed E-state index contributed by atoms with van der Waals surface area (Å²) in [5, 5.41) is 21.5. The van der Waals surface area contributed by atoms with E-state index in [0.29, 0.717) is 24.2 Å². The highest BCUT2D eigenvalue weighted by molar-refractivity contribution is 6.03. The van der Waals surface area contributed by atoms with Crippen molar-refractivity contribution in [2.24, 2.45) is 11.3 Å². The van der Waals surface area contributed by atoms with Crippen LogP contribution in [0, 0.1) is 46.6 Å². The maximum atomic E-state index is 17.2. The van der Waals surface area contributed by atoms with Crippen molar-refractivity contribution in [3.63, 3.8) is 0 Å². The van der Waals surface area contributed by atoms with Crippen LogP contribution < -0.4 is 9.64 Å². The second-order valence-electron chi connectivity index (χ2n) is 16.6. The molecule has 1 aliphatic carbocycles. The standard InChI is InChI=1S/C43H42F3N7O4/c1-4-30-33(45)7-6-24-13-29(54)14-31(36(24)30)38-37(46)39-32(19-48-38)40(51-21-27-12-25(18-47)34(22-51)53(27)35(55)5-2)50-41(49-39)57-23-42(3)15-26(44)20-52(42)28-16-43(17-28)8-10-56-11-9-43/h1,5-7,13-14,19,25-28,34,54H,2,8-12,15-17,20-23H2,3H3/t25?,26-,27-,34-,42+/m1/s1. The van der Waals surface area contributed by atoms with Crippen molar-refractivity contribution in [3.8, 4) is 41.4 Å². The molecule has 1 unspecified atom stereocenters. The lowest BCUT2D eigenvalue weighted by molar-refractivity contribution is -0.129. The number of pyridine rings is 1. The van der Waals surface area contributed by atoms with E-state index in [4.69, 9.17) is 20.9 Å². The van der Waals surface area contributed by atoms with E-state index < -0.39 is 35.3 Å². The maximum absolute atomic E-state index is 17.2. The Labute approximate surface area is 328 Å². The second-order valence-corrected chi connectivity index (χ2v) is 16.6. The molecule has 5 atom stereocenters. The van der Waals surface area contributed by atoms with Crippen molar-refractivity contribution in [3.05, 3.63) is 60.3 Å². The molecular formula is C43H42F3N7O4. The summed E-state index contributed by atoms with van der Waals surface area (Å²) < 4.78 is 59.5. The number of hydrogen-bond donors (Lipinski definition) is 1. The molecule has 2 bridgehead atoms. The molecule has 5 fully saturated rings. The second kappa shape index (κ2) is 13.9. The normalized spacial score (nSPS) is 27.1. The Morgan fingerprint density at radius 2 is 1.95 bits per heavy atom. The van der Waals surface area contributed by atoms with Crippen LogP contribution in [0.3, 0.4) is 0 Å². The van der Waals surface area contributed by atoms with Gasteiger partial charge in [-0.1, -0.05) is 18.6 Å². The number of nitrogens with zero attached hydrogens (tertiary/aromatic N) is 7. The predicted molar refractivity (Wildman–Crippen MR) is 206 cm³/mol. The molecule has 4 aromatic rings. The van der Waals surface area contributed by atoms with E-state index >= 15 is 13.2 Å². The van der Waals surface area contributed by atoms with Gasteiger partial charge in [0.25, 0.3) is 0 Å². The third kappa shape index (κ3) is 6.12. The number of aromatic hydroxyl groups is 1. The Morgan fingerprint density at radius 1 is 1.16 bits per heavy atom. The molecule has 1 N–H and O–H groups in total. The molecule has 11 nitrogen and oxygen atoms in total. The van der Waals surface area contributed by atoms with Crippen molar-refractivity contribution < 1.29 is 32.5 Å². The number of rotatable bonds is 7. The van der Waals surface area contributed by atoms with Gasteiger partial charge in [-0.2, -0.15) is 15.2 Å². The summed E-state index contributed by atoms with van der Waals surface area (Å²) in [4.78, 5) is 32.7. The SMILES string of the molecule is C#Cc1c(F)ccc2cc(O)cc(-c3ncc4c(N5C[C@H]6CC(C#N)[C@@H](C5)N6C(=O)C=C)nc(OC[C@]5(C)C[C@@H](F)CN5C5CC6(CCOCC6)C5)nc4c3F)c12. The van der Waals surface area contributed by atoms with E-state index in [1.807, 2.05) is 11.8 Å². The zero-order chi connectivity index (χ0) is 39.8. The summed E-state index contributed by atoms with van der Waals surface area (Å²) in [7, 11) is 0. The molecule has 294 valence electrons. The largest absolute Gasteiger partial charge is 0.508 e. The molecule has 2 aromatic carbocycles. The zero-order valence-electron chi connectivity index (χ0n) is 31.6. The zero-order valence-corrected chi connectivity index (χ0v) is 31.6. The monoisotopic (exact) mass is 777 g/mol. The van der Waals surface area contributed by atoms with Crippen molar-refractivity contribution >= 4 is 33.4 Å². The van der Waals surface area contributed by atoms with Crippen LogP contribution in [0.15, 0.2) is 43.1 Å². The Bertz CT molecular complexity index is 2400. The van der Waals surface area contributed by atoms with Crippen LogP contribution in [0.25, 0.3) is 32.9 Å². The van der Waals surface area contributed by atoms with Crippen LogP contribution in [0.4, 0.5) is 19.0 Å². The number of likely N-dealkylation sites (tertiary alicyclic amines) is 1. The van der Waals surface area contributed by atoms with Crippen LogP contribution in [-0.4, -0.2) is 105 Å². The smallest absolute Gasteiger partial charge is 0.319 e. The number of piperazine rings is 1.